The topological polar surface area (TPSA) is 82.2 Å². The Labute approximate surface area is 106 Å². The van der Waals surface area contributed by atoms with Gasteiger partial charge in [0, 0.05) is 0 Å². The SMILES string of the molecule is NC(N)=Nc1ccc(-n2nccc2C(F)(F)F)cc1. The Morgan fingerprint density at radius 2 is 1.74 bits per heavy atom. The number of alkyl halides is 3. The zero-order valence-electron chi connectivity index (χ0n) is 9.59. The van der Waals surface area contributed by atoms with Gasteiger partial charge in [0.1, 0.15) is 5.69 Å². The van der Waals surface area contributed by atoms with E-state index in [1.807, 2.05) is 0 Å². The Bertz CT molecular complexity index is 594. The number of hydrogen-bond acceptors (Lipinski definition) is 2. The van der Waals surface area contributed by atoms with Gasteiger partial charge in [-0.25, -0.2) is 9.67 Å². The largest absolute Gasteiger partial charge is 0.433 e. The van der Waals surface area contributed by atoms with Gasteiger partial charge in [-0.2, -0.15) is 18.3 Å². The first-order valence-corrected chi connectivity index (χ1v) is 5.19. The lowest BCUT2D eigenvalue weighted by atomic mass is 10.3. The summed E-state index contributed by atoms with van der Waals surface area (Å²) < 4.78 is 38.9. The molecule has 1 aromatic heterocycles. The predicted octanol–water partition coefficient (Wildman–Crippen LogP) is 1.80. The Hall–Kier alpha value is -2.51. The summed E-state index contributed by atoms with van der Waals surface area (Å²) in [7, 11) is 0. The summed E-state index contributed by atoms with van der Waals surface area (Å²) in [5.41, 5.74) is 10.3. The predicted molar refractivity (Wildman–Crippen MR) is 64.0 cm³/mol. The minimum atomic E-state index is -4.46. The van der Waals surface area contributed by atoms with Crippen LogP contribution in [0.4, 0.5) is 18.9 Å². The zero-order chi connectivity index (χ0) is 14.0. The molecule has 0 radical (unpaired) electrons. The van der Waals surface area contributed by atoms with Gasteiger partial charge in [-0.05, 0) is 30.3 Å². The fourth-order valence-corrected chi connectivity index (χ4v) is 1.54. The molecule has 0 spiro atoms. The molecule has 0 unspecified atom stereocenters. The van der Waals surface area contributed by atoms with E-state index in [0.717, 1.165) is 16.9 Å². The highest BCUT2D eigenvalue weighted by Crippen LogP contribution is 2.30. The summed E-state index contributed by atoms with van der Waals surface area (Å²) in [5.74, 6) is -0.122. The maximum atomic E-state index is 12.7. The van der Waals surface area contributed by atoms with Gasteiger partial charge in [0.25, 0.3) is 0 Å². The van der Waals surface area contributed by atoms with E-state index in [1.165, 1.54) is 24.3 Å². The lowest BCUT2D eigenvalue weighted by molar-refractivity contribution is -0.142. The average molecular weight is 269 g/mol. The molecule has 0 atom stereocenters. The third-order valence-corrected chi connectivity index (χ3v) is 2.29. The van der Waals surface area contributed by atoms with Crippen molar-refractivity contribution in [2.24, 2.45) is 16.5 Å². The summed E-state index contributed by atoms with van der Waals surface area (Å²) in [4.78, 5) is 3.77. The third-order valence-electron chi connectivity index (χ3n) is 2.29. The highest BCUT2D eigenvalue weighted by atomic mass is 19.4. The fraction of sp³-hybridized carbons (Fsp3) is 0.0909. The molecule has 5 nitrogen and oxygen atoms in total. The number of aromatic nitrogens is 2. The molecule has 4 N–H and O–H groups in total. The molecule has 0 bridgehead atoms. The van der Waals surface area contributed by atoms with Crippen LogP contribution in [0.3, 0.4) is 0 Å². The van der Waals surface area contributed by atoms with Crippen LogP contribution in [0.15, 0.2) is 41.5 Å². The van der Waals surface area contributed by atoms with Gasteiger partial charge in [0.2, 0.25) is 0 Å². The van der Waals surface area contributed by atoms with Crippen LogP contribution in [0.1, 0.15) is 5.69 Å². The number of aliphatic imine (C=N–C) groups is 1. The van der Waals surface area contributed by atoms with Gasteiger partial charge >= 0.3 is 6.18 Å². The highest BCUT2D eigenvalue weighted by molar-refractivity contribution is 5.79. The van der Waals surface area contributed by atoms with Crippen LogP contribution in [-0.2, 0) is 6.18 Å². The minimum Gasteiger partial charge on any atom is -0.370 e. The summed E-state index contributed by atoms with van der Waals surface area (Å²) in [6, 6.07) is 6.80. The second-order valence-corrected chi connectivity index (χ2v) is 3.68. The van der Waals surface area contributed by atoms with E-state index in [9.17, 15) is 13.2 Å². The second-order valence-electron chi connectivity index (χ2n) is 3.68. The molecule has 0 aliphatic carbocycles. The van der Waals surface area contributed by atoms with Crippen molar-refractivity contribution in [3.05, 3.63) is 42.2 Å². The maximum absolute atomic E-state index is 12.7. The van der Waals surface area contributed by atoms with Crippen molar-refractivity contribution in [1.82, 2.24) is 9.78 Å². The molecule has 0 saturated carbocycles. The maximum Gasteiger partial charge on any atom is 0.433 e. The molecule has 19 heavy (non-hydrogen) atoms. The molecular weight excluding hydrogens is 259 g/mol. The van der Waals surface area contributed by atoms with Crippen molar-refractivity contribution in [1.29, 1.82) is 0 Å². The molecule has 0 aliphatic heterocycles. The lowest BCUT2D eigenvalue weighted by Gasteiger charge is -2.10. The minimum absolute atomic E-state index is 0.122. The molecular formula is C11H10F3N5. The van der Waals surface area contributed by atoms with Crippen molar-refractivity contribution in [2.45, 2.75) is 6.18 Å². The third kappa shape index (κ3) is 2.84. The van der Waals surface area contributed by atoms with E-state index in [1.54, 1.807) is 0 Å². The molecule has 2 aromatic rings. The first-order valence-electron chi connectivity index (χ1n) is 5.19. The van der Waals surface area contributed by atoms with Crippen LogP contribution in [0.25, 0.3) is 5.69 Å². The fourth-order valence-electron chi connectivity index (χ4n) is 1.54. The van der Waals surface area contributed by atoms with Crippen molar-refractivity contribution in [3.8, 4) is 5.69 Å². The van der Waals surface area contributed by atoms with Crippen LogP contribution in [0.5, 0.6) is 0 Å². The van der Waals surface area contributed by atoms with E-state index in [-0.39, 0.29) is 11.6 Å². The summed E-state index contributed by atoms with van der Waals surface area (Å²) >= 11 is 0. The molecule has 8 heteroatoms. The first kappa shape index (κ1) is 12.9. The van der Waals surface area contributed by atoms with Crippen LogP contribution in [-0.4, -0.2) is 15.7 Å². The van der Waals surface area contributed by atoms with E-state index < -0.39 is 11.9 Å². The van der Waals surface area contributed by atoms with Gasteiger partial charge in [-0.15, -0.1) is 0 Å². The average Bonchev–Trinajstić information content (AvgIpc) is 2.77. The van der Waals surface area contributed by atoms with Crippen molar-refractivity contribution in [3.63, 3.8) is 0 Å². The van der Waals surface area contributed by atoms with Gasteiger partial charge in [0.05, 0.1) is 17.6 Å². The standard InChI is InChI=1S/C11H10F3N5/c12-11(13,14)9-5-6-17-19(9)8-3-1-7(2-4-8)18-10(15)16/h1-6H,(H4,15,16,18). The van der Waals surface area contributed by atoms with Crippen molar-refractivity contribution < 1.29 is 13.2 Å². The van der Waals surface area contributed by atoms with Crippen LogP contribution in [0, 0.1) is 0 Å². The quantitative estimate of drug-likeness (QED) is 0.644. The van der Waals surface area contributed by atoms with Crippen LogP contribution < -0.4 is 11.5 Å². The molecule has 0 aliphatic rings. The Kier molecular flexibility index (Phi) is 3.16. The molecule has 0 saturated heterocycles. The molecule has 1 aromatic carbocycles. The number of halogens is 3. The monoisotopic (exact) mass is 269 g/mol. The summed E-state index contributed by atoms with van der Waals surface area (Å²) in [6.45, 7) is 0. The van der Waals surface area contributed by atoms with Crippen molar-refractivity contribution >= 4 is 11.6 Å². The zero-order valence-corrected chi connectivity index (χ0v) is 9.59. The Morgan fingerprint density at radius 1 is 1.11 bits per heavy atom. The summed E-state index contributed by atoms with van der Waals surface area (Å²) in [6.07, 6.45) is -3.37. The normalized spacial score (nSPS) is 11.3. The van der Waals surface area contributed by atoms with Crippen LogP contribution >= 0.6 is 0 Å². The molecule has 2 rings (SSSR count). The molecule has 0 fully saturated rings. The number of nitrogens with two attached hydrogens (primary N) is 2. The van der Waals surface area contributed by atoms with E-state index in [4.69, 9.17) is 11.5 Å². The van der Waals surface area contributed by atoms with Gasteiger partial charge in [-0.3, -0.25) is 0 Å². The van der Waals surface area contributed by atoms with E-state index >= 15 is 0 Å². The summed E-state index contributed by atoms with van der Waals surface area (Å²) in [5, 5.41) is 3.65. The van der Waals surface area contributed by atoms with E-state index in [2.05, 4.69) is 10.1 Å². The van der Waals surface area contributed by atoms with Gasteiger partial charge in [0.15, 0.2) is 5.96 Å². The van der Waals surface area contributed by atoms with Crippen LogP contribution in [0.2, 0.25) is 0 Å². The molecule has 0 amide bonds. The Morgan fingerprint density at radius 3 is 2.26 bits per heavy atom. The first-order chi connectivity index (χ1) is 8.88. The number of guanidine groups is 1. The smallest absolute Gasteiger partial charge is 0.370 e. The molecule has 1 heterocycles. The van der Waals surface area contributed by atoms with E-state index in [0.29, 0.717) is 5.69 Å². The van der Waals surface area contributed by atoms with Gasteiger partial charge < -0.3 is 11.5 Å². The number of rotatable bonds is 2. The Balaban J connectivity index is 2.39. The van der Waals surface area contributed by atoms with Gasteiger partial charge in [-0.1, -0.05) is 0 Å². The van der Waals surface area contributed by atoms with Crippen molar-refractivity contribution in [2.75, 3.05) is 0 Å². The highest BCUT2D eigenvalue weighted by Gasteiger charge is 2.35. The number of nitrogens with zero attached hydrogens (tertiary/aromatic N) is 3. The number of hydrogen-bond donors (Lipinski definition) is 2. The lowest BCUT2D eigenvalue weighted by Crippen LogP contribution is -2.21. The number of benzene rings is 1. The second kappa shape index (κ2) is 4.63. The molecule has 100 valence electrons.